The summed E-state index contributed by atoms with van der Waals surface area (Å²) in [5.41, 5.74) is 3.83. The molecule has 1 amide bonds. The predicted octanol–water partition coefficient (Wildman–Crippen LogP) is 3.93. The molecular formula is C19H25N3O2. The highest BCUT2D eigenvalue weighted by molar-refractivity contribution is 6.10. The summed E-state index contributed by atoms with van der Waals surface area (Å²) >= 11 is 0. The van der Waals surface area contributed by atoms with Gasteiger partial charge in [0.2, 0.25) is 5.91 Å². The molecule has 2 rings (SSSR count). The van der Waals surface area contributed by atoms with Gasteiger partial charge in [-0.2, -0.15) is 0 Å². The lowest BCUT2D eigenvalue weighted by Gasteiger charge is -2.18. The minimum Gasteiger partial charge on any atom is -0.384 e. The highest BCUT2D eigenvalue weighted by Gasteiger charge is 2.18. The van der Waals surface area contributed by atoms with Crippen molar-refractivity contribution in [2.24, 2.45) is 5.92 Å². The number of rotatable bonds is 7. The van der Waals surface area contributed by atoms with Gasteiger partial charge in [0.05, 0.1) is 12.1 Å². The lowest BCUT2D eigenvalue weighted by molar-refractivity contribution is -0.115. The Morgan fingerprint density at radius 2 is 2.08 bits per heavy atom. The van der Waals surface area contributed by atoms with E-state index in [2.05, 4.69) is 17.2 Å². The number of nitrogens with one attached hydrogen (secondary N) is 2. The van der Waals surface area contributed by atoms with Gasteiger partial charge >= 0.3 is 0 Å². The van der Waals surface area contributed by atoms with E-state index in [1.54, 1.807) is 7.11 Å². The first-order valence-corrected chi connectivity index (χ1v) is 8.29. The molecule has 5 nitrogen and oxygen atoms in total. The normalized spacial score (nSPS) is 12.2. The van der Waals surface area contributed by atoms with Gasteiger partial charge in [-0.3, -0.25) is 9.78 Å². The van der Waals surface area contributed by atoms with Crippen LogP contribution in [0.2, 0.25) is 0 Å². The van der Waals surface area contributed by atoms with Gasteiger partial charge < -0.3 is 15.5 Å². The Morgan fingerprint density at radius 3 is 2.71 bits per heavy atom. The molecule has 24 heavy (non-hydrogen) atoms. The summed E-state index contributed by atoms with van der Waals surface area (Å²) in [5.74, 6) is 0.0283. The van der Waals surface area contributed by atoms with Crippen LogP contribution in [0.4, 0.5) is 5.69 Å². The molecule has 2 N–H and O–H groups in total. The number of benzene rings is 1. The summed E-state index contributed by atoms with van der Waals surface area (Å²) in [5, 5.41) is 12.4. The van der Waals surface area contributed by atoms with E-state index in [4.69, 9.17) is 10.1 Å². The van der Waals surface area contributed by atoms with Crippen molar-refractivity contribution in [3.05, 3.63) is 35.5 Å². The van der Waals surface area contributed by atoms with E-state index in [0.717, 1.165) is 34.3 Å². The number of hydrogen-bond acceptors (Lipinski definition) is 4. The van der Waals surface area contributed by atoms with Crippen molar-refractivity contribution in [1.82, 2.24) is 4.98 Å². The second kappa shape index (κ2) is 8.02. The topological polar surface area (TPSA) is 75.1 Å². The van der Waals surface area contributed by atoms with E-state index < -0.39 is 0 Å². The number of methoxy groups -OCH3 is 1. The molecule has 0 unspecified atom stereocenters. The van der Waals surface area contributed by atoms with E-state index in [1.807, 2.05) is 38.1 Å². The van der Waals surface area contributed by atoms with Crippen LogP contribution in [0.25, 0.3) is 10.9 Å². The molecule has 0 saturated carbocycles. The molecule has 128 valence electrons. The summed E-state index contributed by atoms with van der Waals surface area (Å²) in [7, 11) is 1.66. The summed E-state index contributed by atoms with van der Waals surface area (Å²) < 4.78 is 5.25. The number of anilines is 1. The maximum absolute atomic E-state index is 11.6. The minimum absolute atomic E-state index is 0.0267. The van der Waals surface area contributed by atoms with Gasteiger partial charge in [-0.1, -0.05) is 19.9 Å². The van der Waals surface area contributed by atoms with Gasteiger partial charge in [0.1, 0.15) is 0 Å². The van der Waals surface area contributed by atoms with E-state index in [-0.39, 0.29) is 11.8 Å². The van der Waals surface area contributed by atoms with Gasteiger partial charge in [-0.25, -0.2) is 0 Å². The van der Waals surface area contributed by atoms with Crippen LogP contribution in [-0.2, 0) is 9.53 Å². The Morgan fingerprint density at radius 1 is 1.33 bits per heavy atom. The number of hydrogen-bond donors (Lipinski definition) is 2. The number of amides is 1. The number of pyridine rings is 1. The van der Waals surface area contributed by atoms with Crippen LogP contribution in [-0.4, -0.2) is 30.3 Å². The maximum Gasteiger partial charge on any atom is 0.224 e. The molecule has 0 radical (unpaired) electrons. The molecule has 0 spiro atoms. The smallest absolute Gasteiger partial charge is 0.224 e. The first-order chi connectivity index (χ1) is 11.5. The first-order valence-electron chi connectivity index (χ1n) is 8.29. The Balaban J connectivity index is 2.47. The summed E-state index contributed by atoms with van der Waals surface area (Å²) in [4.78, 5) is 16.1. The zero-order chi connectivity index (χ0) is 17.7. The Kier molecular flexibility index (Phi) is 6.04. The number of carbonyl (C=O) groups is 1. The van der Waals surface area contributed by atoms with Gasteiger partial charge in [0.15, 0.2) is 0 Å². The van der Waals surface area contributed by atoms with Crippen molar-refractivity contribution in [3.63, 3.8) is 0 Å². The van der Waals surface area contributed by atoms with Gasteiger partial charge in [0, 0.05) is 47.5 Å². The Hall–Kier alpha value is -2.27. The molecule has 0 aliphatic heterocycles. The number of carbonyl (C=O) groups excluding carboxylic acids is 1. The van der Waals surface area contributed by atoms with Crippen molar-refractivity contribution >= 4 is 28.2 Å². The van der Waals surface area contributed by atoms with Crippen LogP contribution >= 0.6 is 0 Å². The molecule has 0 aliphatic carbocycles. The standard InChI is InChI=1S/C19H25N3O2/c1-5-13(11-24-4)19(20)16-9-12(3)21-17-10-14(7-8-15(16)17)22-18(23)6-2/h7-10,13,20H,5-6,11H2,1-4H3,(H,22,23)/t13-/m0/s1. The SMILES string of the molecule is CCC(=O)Nc1ccc2c(C(=N)[C@@H](CC)COC)cc(C)nc2c1. The molecule has 1 aromatic heterocycles. The fraction of sp³-hybridized carbons (Fsp3) is 0.421. The fourth-order valence-electron chi connectivity index (χ4n) is 2.74. The first kappa shape index (κ1) is 18.1. The molecular weight excluding hydrogens is 302 g/mol. The van der Waals surface area contributed by atoms with E-state index >= 15 is 0 Å². The van der Waals surface area contributed by atoms with Crippen LogP contribution in [0, 0.1) is 18.3 Å². The quantitative estimate of drug-likeness (QED) is 0.757. The fourth-order valence-corrected chi connectivity index (χ4v) is 2.74. The molecule has 1 atom stereocenters. The van der Waals surface area contributed by atoms with Crippen LogP contribution < -0.4 is 5.32 Å². The van der Waals surface area contributed by atoms with Crippen LogP contribution in [0.15, 0.2) is 24.3 Å². The third-order valence-corrected chi connectivity index (χ3v) is 4.10. The maximum atomic E-state index is 11.6. The number of fused-ring (bicyclic) bond motifs is 1. The minimum atomic E-state index is -0.0267. The van der Waals surface area contributed by atoms with Crippen molar-refractivity contribution in [2.75, 3.05) is 19.0 Å². The van der Waals surface area contributed by atoms with Gasteiger partial charge in [-0.05, 0) is 31.5 Å². The molecule has 1 heterocycles. The van der Waals surface area contributed by atoms with Crippen molar-refractivity contribution in [3.8, 4) is 0 Å². The van der Waals surface area contributed by atoms with Gasteiger partial charge in [0.25, 0.3) is 0 Å². The number of ether oxygens (including phenoxy) is 1. The monoisotopic (exact) mass is 327 g/mol. The van der Waals surface area contributed by atoms with Crippen molar-refractivity contribution < 1.29 is 9.53 Å². The zero-order valence-electron chi connectivity index (χ0n) is 14.8. The van der Waals surface area contributed by atoms with Gasteiger partial charge in [-0.15, -0.1) is 0 Å². The molecule has 0 fully saturated rings. The lowest BCUT2D eigenvalue weighted by Crippen LogP contribution is -2.20. The molecule has 0 saturated heterocycles. The van der Waals surface area contributed by atoms with Crippen LogP contribution in [0.1, 0.15) is 37.9 Å². The van der Waals surface area contributed by atoms with E-state index in [0.29, 0.717) is 18.7 Å². The average molecular weight is 327 g/mol. The molecule has 0 aliphatic rings. The summed E-state index contributed by atoms with van der Waals surface area (Å²) in [6.07, 6.45) is 1.28. The van der Waals surface area contributed by atoms with Crippen molar-refractivity contribution in [2.45, 2.75) is 33.6 Å². The second-order valence-corrected chi connectivity index (χ2v) is 5.92. The largest absolute Gasteiger partial charge is 0.384 e. The Bertz CT molecular complexity index is 756. The number of aryl methyl sites for hydroxylation is 1. The predicted molar refractivity (Wildman–Crippen MR) is 97.9 cm³/mol. The summed E-state index contributed by atoms with van der Waals surface area (Å²) in [6, 6.07) is 7.61. The highest BCUT2D eigenvalue weighted by Crippen LogP contribution is 2.25. The number of nitrogens with zero attached hydrogens (tertiary/aromatic N) is 1. The van der Waals surface area contributed by atoms with Crippen LogP contribution in [0.5, 0.6) is 0 Å². The zero-order valence-corrected chi connectivity index (χ0v) is 14.8. The number of aromatic nitrogens is 1. The third kappa shape index (κ3) is 3.97. The van der Waals surface area contributed by atoms with E-state index in [9.17, 15) is 4.79 Å². The molecule has 1 aromatic carbocycles. The molecule has 2 aromatic rings. The molecule has 5 heteroatoms. The van der Waals surface area contributed by atoms with Crippen molar-refractivity contribution in [1.29, 1.82) is 5.41 Å². The van der Waals surface area contributed by atoms with Crippen LogP contribution in [0.3, 0.4) is 0 Å². The summed E-state index contributed by atoms with van der Waals surface area (Å²) in [6.45, 7) is 6.33. The van der Waals surface area contributed by atoms with E-state index in [1.165, 1.54) is 0 Å². The molecule has 0 bridgehead atoms. The second-order valence-electron chi connectivity index (χ2n) is 5.92. The third-order valence-electron chi connectivity index (χ3n) is 4.10. The Labute approximate surface area is 142 Å². The lowest BCUT2D eigenvalue weighted by atomic mass is 9.92. The average Bonchev–Trinajstić information content (AvgIpc) is 2.57. The highest BCUT2D eigenvalue weighted by atomic mass is 16.5.